The Bertz CT molecular complexity index is 1040. The van der Waals surface area contributed by atoms with E-state index in [9.17, 15) is 8.42 Å². The first-order chi connectivity index (χ1) is 14.9. The topological polar surface area (TPSA) is 78.9 Å². The smallest absolute Gasteiger partial charge is 0.243 e. The van der Waals surface area contributed by atoms with Gasteiger partial charge in [-0.15, -0.1) is 0 Å². The number of benzene rings is 1. The number of aryl methyl sites for hydroxylation is 1. The van der Waals surface area contributed by atoms with E-state index in [0.717, 1.165) is 30.5 Å². The van der Waals surface area contributed by atoms with Crippen LogP contribution in [-0.4, -0.2) is 69.1 Å². The Morgan fingerprint density at radius 1 is 0.903 bits per heavy atom. The maximum Gasteiger partial charge on any atom is 0.243 e. The molecule has 1 aromatic heterocycles. The lowest BCUT2D eigenvalue weighted by molar-refractivity contribution is 0.383. The zero-order chi connectivity index (χ0) is 22.0. The molecule has 31 heavy (non-hydrogen) atoms. The highest BCUT2D eigenvalue weighted by atomic mass is 35.5. The Morgan fingerprint density at radius 3 is 2.10 bits per heavy atom. The summed E-state index contributed by atoms with van der Waals surface area (Å²) in [7, 11) is -2.12. The fraction of sp³-hybridized carbons (Fsp3) is 0.524. The standard InChI is InChI=1S/C21H28ClN5O3S/c1-16-23-20(25-8-4-3-5-9-25)15-21(24-16)26-10-12-27(13-11-26)31(28,29)17-6-7-19(30-2)18(22)14-17/h6-7,14-15H,3-5,8-13H2,1-2H3. The molecule has 2 aliphatic rings. The second kappa shape index (κ2) is 9.18. The highest BCUT2D eigenvalue weighted by Crippen LogP contribution is 2.29. The Kier molecular flexibility index (Phi) is 6.55. The Hall–Kier alpha value is -2.10. The van der Waals surface area contributed by atoms with E-state index >= 15 is 0 Å². The van der Waals surface area contributed by atoms with Gasteiger partial charge >= 0.3 is 0 Å². The van der Waals surface area contributed by atoms with Crippen LogP contribution in [0.3, 0.4) is 0 Å². The highest BCUT2D eigenvalue weighted by Gasteiger charge is 2.30. The molecule has 2 aliphatic heterocycles. The average Bonchev–Trinajstić information content (AvgIpc) is 2.79. The Morgan fingerprint density at radius 2 is 1.52 bits per heavy atom. The number of sulfonamides is 1. The SMILES string of the molecule is COc1ccc(S(=O)(=O)N2CCN(c3cc(N4CCCCC4)nc(C)n3)CC2)cc1Cl. The summed E-state index contributed by atoms with van der Waals surface area (Å²) in [4.78, 5) is 13.9. The van der Waals surface area contributed by atoms with Crippen LogP contribution in [0.25, 0.3) is 0 Å². The largest absolute Gasteiger partial charge is 0.495 e. The third-order valence-electron chi connectivity index (χ3n) is 5.81. The summed E-state index contributed by atoms with van der Waals surface area (Å²) in [5, 5.41) is 0.281. The number of piperazine rings is 1. The first kappa shape index (κ1) is 22.1. The van der Waals surface area contributed by atoms with Crippen LogP contribution in [0.15, 0.2) is 29.2 Å². The summed E-state index contributed by atoms with van der Waals surface area (Å²) in [6, 6.07) is 6.59. The van der Waals surface area contributed by atoms with Crippen molar-refractivity contribution in [2.24, 2.45) is 0 Å². The van der Waals surface area contributed by atoms with Crippen molar-refractivity contribution in [1.82, 2.24) is 14.3 Å². The van der Waals surface area contributed by atoms with Crippen LogP contribution >= 0.6 is 11.6 Å². The van der Waals surface area contributed by atoms with Crippen molar-refractivity contribution >= 4 is 33.3 Å². The fourth-order valence-electron chi connectivity index (χ4n) is 4.10. The van der Waals surface area contributed by atoms with Gasteiger partial charge in [0.1, 0.15) is 23.2 Å². The predicted octanol–water partition coefficient (Wildman–Crippen LogP) is 2.95. The molecule has 0 aliphatic carbocycles. The van der Waals surface area contributed by atoms with Crippen molar-refractivity contribution in [2.45, 2.75) is 31.1 Å². The van der Waals surface area contributed by atoms with Gasteiger partial charge in [0.25, 0.3) is 0 Å². The number of aromatic nitrogens is 2. The number of hydrogen-bond acceptors (Lipinski definition) is 7. The lowest BCUT2D eigenvalue weighted by Crippen LogP contribution is -2.49. The van der Waals surface area contributed by atoms with Gasteiger partial charge in [0.2, 0.25) is 10.0 Å². The van der Waals surface area contributed by atoms with Gasteiger partial charge in [-0.2, -0.15) is 4.31 Å². The number of methoxy groups -OCH3 is 1. The predicted molar refractivity (Wildman–Crippen MR) is 122 cm³/mol. The molecule has 8 nitrogen and oxygen atoms in total. The molecule has 168 valence electrons. The summed E-state index contributed by atoms with van der Waals surface area (Å²) in [6.45, 7) is 5.85. The van der Waals surface area contributed by atoms with Gasteiger partial charge in [-0.1, -0.05) is 11.6 Å². The minimum atomic E-state index is -3.62. The molecule has 0 amide bonds. The molecule has 10 heteroatoms. The van der Waals surface area contributed by atoms with Crippen LogP contribution in [0, 0.1) is 6.92 Å². The molecule has 2 saturated heterocycles. The summed E-state index contributed by atoms with van der Waals surface area (Å²) in [5.74, 6) is 3.01. The molecular weight excluding hydrogens is 438 g/mol. The maximum atomic E-state index is 13.1. The number of hydrogen-bond donors (Lipinski definition) is 0. The molecule has 2 aromatic rings. The first-order valence-corrected chi connectivity index (χ1v) is 12.4. The number of nitrogens with zero attached hydrogens (tertiary/aromatic N) is 5. The maximum absolute atomic E-state index is 13.1. The van der Waals surface area contributed by atoms with Gasteiger partial charge in [-0.05, 0) is 44.4 Å². The van der Waals surface area contributed by atoms with Crippen molar-refractivity contribution in [2.75, 3.05) is 56.2 Å². The molecule has 4 rings (SSSR count). The molecule has 0 radical (unpaired) electrons. The van der Waals surface area contributed by atoms with Gasteiger partial charge in [0.15, 0.2) is 0 Å². The van der Waals surface area contributed by atoms with Crippen LogP contribution in [0.4, 0.5) is 11.6 Å². The third kappa shape index (κ3) is 4.73. The number of rotatable bonds is 5. The summed E-state index contributed by atoms with van der Waals surface area (Å²) in [6.07, 6.45) is 3.64. The first-order valence-electron chi connectivity index (χ1n) is 10.6. The average molecular weight is 466 g/mol. The van der Waals surface area contributed by atoms with Crippen LogP contribution in [-0.2, 0) is 10.0 Å². The summed E-state index contributed by atoms with van der Waals surface area (Å²) in [5.41, 5.74) is 0. The fourth-order valence-corrected chi connectivity index (χ4v) is 5.87. The van der Waals surface area contributed by atoms with E-state index in [1.54, 1.807) is 6.07 Å². The van der Waals surface area contributed by atoms with Gasteiger partial charge in [-0.3, -0.25) is 0 Å². The Labute approximate surface area is 188 Å². The van der Waals surface area contributed by atoms with Gasteiger partial charge < -0.3 is 14.5 Å². The number of piperidine rings is 1. The lowest BCUT2D eigenvalue weighted by atomic mass is 10.1. The monoisotopic (exact) mass is 465 g/mol. The van der Waals surface area contributed by atoms with Crippen molar-refractivity contribution in [3.63, 3.8) is 0 Å². The molecule has 3 heterocycles. The van der Waals surface area contributed by atoms with Crippen LogP contribution < -0.4 is 14.5 Å². The minimum Gasteiger partial charge on any atom is -0.495 e. The third-order valence-corrected chi connectivity index (χ3v) is 8.00. The van der Waals surface area contributed by atoms with E-state index in [1.165, 1.54) is 42.8 Å². The molecule has 1 aromatic carbocycles. The molecular formula is C21H28ClN5O3S. The van der Waals surface area contributed by atoms with Crippen molar-refractivity contribution in [3.05, 3.63) is 35.1 Å². The van der Waals surface area contributed by atoms with E-state index in [2.05, 4.69) is 19.8 Å². The number of halogens is 1. The van der Waals surface area contributed by atoms with Crippen molar-refractivity contribution < 1.29 is 13.2 Å². The molecule has 0 bridgehead atoms. The van der Waals surface area contributed by atoms with Gasteiger partial charge in [-0.25, -0.2) is 18.4 Å². The van der Waals surface area contributed by atoms with E-state index in [0.29, 0.717) is 31.9 Å². The zero-order valence-corrected chi connectivity index (χ0v) is 19.5. The highest BCUT2D eigenvalue weighted by molar-refractivity contribution is 7.89. The van der Waals surface area contributed by atoms with E-state index < -0.39 is 10.0 Å². The van der Waals surface area contributed by atoms with Gasteiger partial charge in [0, 0.05) is 45.3 Å². The number of ether oxygens (including phenoxy) is 1. The minimum absolute atomic E-state index is 0.178. The van der Waals surface area contributed by atoms with Crippen molar-refractivity contribution in [1.29, 1.82) is 0 Å². The van der Waals surface area contributed by atoms with E-state index in [4.69, 9.17) is 16.3 Å². The Balaban J connectivity index is 1.47. The molecule has 0 atom stereocenters. The lowest BCUT2D eigenvalue weighted by Gasteiger charge is -2.35. The quantitative estimate of drug-likeness (QED) is 0.671. The van der Waals surface area contributed by atoms with E-state index in [1.807, 2.05) is 13.0 Å². The number of anilines is 2. The summed E-state index contributed by atoms with van der Waals surface area (Å²) < 4.78 is 32.8. The van der Waals surface area contributed by atoms with Crippen LogP contribution in [0.1, 0.15) is 25.1 Å². The zero-order valence-electron chi connectivity index (χ0n) is 17.9. The molecule has 0 N–H and O–H groups in total. The molecule has 0 spiro atoms. The normalized spacial score (nSPS) is 18.3. The van der Waals surface area contributed by atoms with Crippen LogP contribution in [0.2, 0.25) is 5.02 Å². The summed E-state index contributed by atoms with van der Waals surface area (Å²) >= 11 is 6.14. The van der Waals surface area contributed by atoms with Crippen molar-refractivity contribution in [3.8, 4) is 5.75 Å². The van der Waals surface area contributed by atoms with E-state index in [-0.39, 0.29) is 9.92 Å². The molecule has 2 fully saturated rings. The second-order valence-corrected chi connectivity index (χ2v) is 10.2. The molecule has 0 saturated carbocycles. The van der Waals surface area contributed by atoms with Crippen LogP contribution in [0.5, 0.6) is 5.75 Å². The molecule has 0 unspecified atom stereocenters. The second-order valence-electron chi connectivity index (χ2n) is 7.87. The van der Waals surface area contributed by atoms with Gasteiger partial charge in [0.05, 0.1) is 17.0 Å².